The van der Waals surface area contributed by atoms with Crippen LogP contribution in [0.5, 0.6) is 0 Å². The van der Waals surface area contributed by atoms with Crippen LogP contribution in [0.2, 0.25) is 0 Å². The molecule has 2 aromatic heterocycles. The summed E-state index contributed by atoms with van der Waals surface area (Å²) < 4.78 is 7.39. The maximum atomic E-state index is 12.6. The normalized spacial score (nSPS) is 13.0. The van der Waals surface area contributed by atoms with Gasteiger partial charge in [-0.25, -0.2) is 4.98 Å². The van der Waals surface area contributed by atoms with Gasteiger partial charge in [-0.15, -0.1) is 0 Å². The number of hydrazone groups is 1. The Morgan fingerprint density at radius 1 is 1.44 bits per heavy atom. The quantitative estimate of drug-likeness (QED) is 0.259. The summed E-state index contributed by atoms with van der Waals surface area (Å²) in [6.45, 7) is 3.36. The highest BCUT2D eigenvalue weighted by molar-refractivity contribution is 8.14. The van der Waals surface area contributed by atoms with Crippen LogP contribution < -0.4 is 16.9 Å². The number of rotatable bonds is 6. The van der Waals surface area contributed by atoms with Crippen LogP contribution in [0.3, 0.4) is 0 Å². The van der Waals surface area contributed by atoms with Crippen molar-refractivity contribution >= 4 is 33.9 Å². The van der Waals surface area contributed by atoms with Crippen molar-refractivity contribution in [2.24, 2.45) is 16.7 Å². The Labute approximate surface area is 161 Å². The molecule has 0 radical (unpaired) electrons. The van der Waals surface area contributed by atoms with Gasteiger partial charge in [-0.2, -0.15) is 5.10 Å². The van der Waals surface area contributed by atoms with Crippen LogP contribution in [0.4, 0.5) is 0 Å². The number of fused-ring (bicyclic) bond motifs is 1. The van der Waals surface area contributed by atoms with Gasteiger partial charge in [0, 0.05) is 12.1 Å². The molecule has 0 fully saturated rings. The molecule has 9 heteroatoms. The number of aryl methyl sites for hydroxylation is 1. The molecular formula is C18H22N6O2S. The zero-order valence-corrected chi connectivity index (χ0v) is 15.8. The van der Waals surface area contributed by atoms with Gasteiger partial charge in [0.05, 0.1) is 28.9 Å². The van der Waals surface area contributed by atoms with Gasteiger partial charge in [0.15, 0.2) is 5.17 Å². The lowest BCUT2D eigenvalue weighted by atomic mass is 10.2. The molecule has 1 unspecified atom stereocenters. The highest BCUT2D eigenvalue weighted by atomic mass is 32.2. The van der Waals surface area contributed by atoms with Gasteiger partial charge in [0.1, 0.15) is 5.76 Å². The first-order valence-electron chi connectivity index (χ1n) is 8.56. The van der Waals surface area contributed by atoms with E-state index in [1.54, 1.807) is 24.7 Å². The number of nitrogens with one attached hydrogen (secondary N) is 1. The number of carbonyl (C=O) groups excluding carboxylic acids is 1. The van der Waals surface area contributed by atoms with Crippen LogP contribution >= 0.6 is 11.8 Å². The smallest absolute Gasteiger partial charge is 0.257 e. The van der Waals surface area contributed by atoms with Crippen molar-refractivity contribution in [3.8, 4) is 0 Å². The maximum absolute atomic E-state index is 12.6. The zero-order valence-electron chi connectivity index (χ0n) is 15.0. The minimum Gasteiger partial charge on any atom is -0.468 e. The van der Waals surface area contributed by atoms with E-state index in [0.717, 1.165) is 29.8 Å². The minimum absolute atomic E-state index is 0.0386. The second-order valence-electron chi connectivity index (χ2n) is 5.95. The van der Waals surface area contributed by atoms with Crippen LogP contribution in [0.1, 0.15) is 34.7 Å². The van der Waals surface area contributed by atoms with Crippen LogP contribution in [-0.2, 0) is 6.54 Å². The van der Waals surface area contributed by atoms with Crippen LogP contribution in [0, 0.1) is 0 Å². The Hall–Kier alpha value is -2.78. The third kappa shape index (κ3) is 4.50. The molecule has 1 amide bonds. The predicted molar refractivity (Wildman–Crippen MR) is 107 cm³/mol. The number of amidine groups is 1. The first-order valence-corrected chi connectivity index (χ1v) is 9.44. The molecule has 8 nitrogen and oxygen atoms in total. The topological polar surface area (TPSA) is 124 Å². The number of benzene rings is 1. The fourth-order valence-corrected chi connectivity index (χ4v) is 3.45. The molecule has 1 atom stereocenters. The van der Waals surface area contributed by atoms with Crippen molar-refractivity contribution in [2.45, 2.75) is 25.1 Å². The Bertz CT molecular complexity index is 935. The van der Waals surface area contributed by atoms with E-state index in [1.807, 2.05) is 29.7 Å². The molecule has 0 saturated carbocycles. The van der Waals surface area contributed by atoms with Gasteiger partial charge in [-0.3, -0.25) is 10.1 Å². The van der Waals surface area contributed by atoms with Gasteiger partial charge in [-0.1, -0.05) is 11.8 Å². The van der Waals surface area contributed by atoms with Crippen molar-refractivity contribution in [3.63, 3.8) is 0 Å². The van der Waals surface area contributed by atoms with Crippen molar-refractivity contribution in [1.29, 1.82) is 0 Å². The molecule has 3 aromatic rings. The van der Waals surface area contributed by atoms with Gasteiger partial charge in [0.25, 0.3) is 5.91 Å². The van der Waals surface area contributed by atoms with E-state index in [9.17, 15) is 4.79 Å². The number of aromatic nitrogens is 2. The van der Waals surface area contributed by atoms with Crippen molar-refractivity contribution in [3.05, 3.63) is 54.2 Å². The molecule has 0 aliphatic rings. The molecule has 142 valence electrons. The molecule has 5 N–H and O–H groups in total. The fourth-order valence-electron chi connectivity index (χ4n) is 2.65. The lowest BCUT2D eigenvalue weighted by Crippen LogP contribution is -2.29. The Kier molecular flexibility index (Phi) is 6.15. The fraction of sp³-hybridized carbons (Fsp3) is 0.278. The highest BCUT2D eigenvalue weighted by Crippen LogP contribution is 2.28. The molecule has 0 spiro atoms. The molecule has 1 aromatic carbocycles. The van der Waals surface area contributed by atoms with Crippen molar-refractivity contribution < 1.29 is 9.21 Å². The van der Waals surface area contributed by atoms with E-state index in [-0.39, 0.29) is 11.2 Å². The summed E-state index contributed by atoms with van der Waals surface area (Å²) in [7, 11) is 0. The van der Waals surface area contributed by atoms with Gasteiger partial charge >= 0.3 is 0 Å². The number of thioether (sulfide) groups is 1. The molecule has 0 aliphatic heterocycles. The first-order chi connectivity index (χ1) is 13.1. The van der Waals surface area contributed by atoms with Gasteiger partial charge in [-0.05, 0) is 50.2 Å². The van der Waals surface area contributed by atoms with E-state index in [1.165, 1.54) is 11.8 Å². The third-order valence-electron chi connectivity index (χ3n) is 4.06. The number of nitrogens with zero attached hydrogens (tertiary/aromatic N) is 3. The van der Waals surface area contributed by atoms with E-state index in [2.05, 4.69) is 15.4 Å². The zero-order chi connectivity index (χ0) is 19.2. The molecule has 0 saturated heterocycles. The number of hydrogen-bond donors (Lipinski definition) is 3. The Morgan fingerprint density at radius 2 is 2.30 bits per heavy atom. The molecule has 0 bridgehead atoms. The summed E-state index contributed by atoms with van der Waals surface area (Å²) >= 11 is 1.31. The second-order valence-corrected chi connectivity index (χ2v) is 7.28. The average Bonchev–Trinajstić information content (AvgIpc) is 3.35. The third-order valence-corrected chi connectivity index (χ3v) is 5.07. The largest absolute Gasteiger partial charge is 0.468 e. The van der Waals surface area contributed by atoms with Crippen molar-refractivity contribution in [2.75, 3.05) is 6.54 Å². The lowest BCUT2D eigenvalue weighted by Gasteiger charge is -2.11. The standard InChI is InChI=1S/C18H22N6O2S/c1-12(16-4-2-9-26-16)27-18(23-20)22-17(25)13-5-6-15-14(10-13)21-11-24(15)8-3-7-19/h2,4-6,9-12H,3,7-8,19-20H2,1H3,(H,22,23,25). The van der Waals surface area contributed by atoms with Gasteiger partial charge < -0.3 is 20.6 Å². The number of imidazole rings is 1. The Morgan fingerprint density at radius 3 is 3.00 bits per heavy atom. The van der Waals surface area contributed by atoms with Crippen molar-refractivity contribution in [1.82, 2.24) is 14.9 Å². The monoisotopic (exact) mass is 386 g/mol. The summed E-state index contributed by atoms with van der Waals surface area (Å²) in [5.41, 5.74) is 7.77. The highest BCUT2D eigenvalue weighted by Gasteiger charge is 2.16. The number of hydrogen-bond acceptors (Lipinski definition) is 7. The number of nitrogens with two attached hydrogens (primary N) is 2. The second kappa shape index (κ2) is 8.74. The SMILES string of the molecule is CC(S/C(=N\N)NC(=O)c1ccc2c(c1)ncn2CCCN)c1ccco1. The van der Waals surface area contributed by atoms with E-state index in [0.29, 0.717) is 17.3 Å². The Balaban J connectivity index is 1.69. The van der Waals surface area contributed by atoms with E-state index >= 15 is 0 Å². The van der Waals surface area contributed by atoms with Crippen LogP contribution in [-0.4, -0.2) is 27.2 Å². The van der Waals surface area contributed by atoms with Crippen LogP contribution in [0.15, 0.2) is 52.4 Å². The number of amides is 1. The molecule has 2 heterocycles. The van der Waals surface area contributed by atoms with E-state index < -0.39 is 0 Å². The molecule has 27 heavy (non-hydrogen) atoms. The first kappa shape index (κ1) is 19.0. The molecule has 3 rings (SSSR count). The van der Waals surface area contributed by atoms with Gasteiger partial charge in [0.2, 0.25) is 0 Å². The summed E-state index contributed by atoms with van der Waals surface area (Å²) in [5, 5.41) is 6.69. The lowest BCUT2D eigenvalue weighted by molar-refractivity contribution is 0.0978. The average molecular weight is 386 g/mol. The minimum atomic E-state index is -0.295. The summed E-state index contributed by atoms with van der Waals surface area (Å²) in [5.74, 6) is 5.92. The summed E-state index contributed by atoms with van der Waals surface area (Å²) in [4.78, 5) is 16.9. The van der Waals surface area contributed by atoms with Crippen LogP contribution in [0.25, 0.3) is 11.0 Å². The summed E-state index contributed by atoms with van der Waals surface area (Å²) in [6, 6.07) is 9.06. The number of carbonyl (C=O) groups is 1. The number of furan rings is 1. The molecule has 0 aliphatic carbocycles. The summed E-state index contributed by atoms with van der Waals surface area (Å²) in [6.07, 6.45) is 4.23. The predicted octanol–water partition coefficient (Wildman–Crippen LogP) is 2.43. The van der Waals surface area contributed by atoms with E-state index in [4.69, 9.17) is 16.0 Å². The maximum Gasteiger partial charge on any atom is 0.257 e. The molecular weight excluding hydrogens is 364 g/mol.